The summed E-state index contributed by atoms with van der Waals surface area (Å²) in [5.74, 6) is 1.08. The van der Waals surface area contributed by atoms with E-state index in [2.05, 4.69) is 35.6 Å². The number of hydrogen-bond acceptors (Lipinski definition) is 5. The fourth-order valence-corrected chi connectivity index (χ4v) is 2.46. The van der Waals surface area contributed by atoms with Crippen molar-refractivity contribution in [2.24, 2.45) is 0 Å². The minimum Gasteiger partial charge on any atom is -0.481 e. The molecule has 0 spiro atoms. The van der Waals surface area contributed by atoms with Crippen LogP contribution >= 0.6 is 0 Å². The minimum atomic E-state index is 0.208. The predicted molar refractivity (Wildman–Crippen MR) is 81.0 cm³/mol. The lowest BCUT2D eigenvalue weighted by Crippen LogP contribution is -2.30. The zero-order valence-corrected chi connectivity index (χ0v) is 12.6. The van der Waals surface area contributed by atoms with Crippen LogP contribution in [0.1, 0.15) is 26.8 Å². The number of ether oxygens (including phenoxy) is 1. The maximum Gasteiger partial charge on any atom is 0.215 e. The molecule has 0 aliphatic rings. The van der Waals surface area contributed by atoms with Crippen molar-refractivity contribution in [2.45, 2.75) is 26.8 Å². The highest BCUT2D eigenvalue weighted by Crippen LogP contribution is 2.23. The highest BCUT2D eigenvalue weighted by atomic mass is 16.5. The van der Waals surface area contributed by atoms with E-state index in [1.165, 1.54) is 0 Å². The number of anilines is 1. The maximum absolute atomic E-state index is 6.06. The Balaban J connectivity index is 2.39. The second-order valence-electron chi connectivity index (χ2n) is 4.87. The van der Waals surface area contributed by atoms with E-state index in [0.29, 0.717) is 11.8 Å². The summed E-state index contributed by atoms with van der Waals surface area (Å²) < 4.78 is 7.17. The van der Waals surface area contributed by atoms with Crippen LogP contribution in [0.2, 0.25) is 0 Å². The Labute approximate surface area is 119 Å². The van der Waals surface area contributed by atoms with Crippen LogP contribution < -0.4 is 10.5 Å². The molecule has 1 atom stereocenters. The molecule has 0 bridgehead atoms. The standard InChI is InChI=1S/C14H23N5O/c1-5-18(6-2)9-10(3)19-13-11(16-14(19)15)7-8-12(17-13)20-4/h7-8,10H,5-6,9H2,1-4H3,(H2,15,16). The molecule has 0 aliphatic carbocycles. The number of hydrogen-bond donors (Lipinski definition) is 1. The van der Waals surface area contributed by atoms with E-state index in [4.69, 9.17) is 10.5 Å². The summed E-state index contributed by atoms with van der Waals surface area (Å²) in [4.78, 5) is 11.2. The number of rotatable bonds is 6. The second-order valence-corrected chi connectivity index (χ2v) is 4.87. The average molecular weight is 277 g/mol. The van der Waals surface area contributed by atoms with Crippen LogP contribution in [0.25, 0.3) is 11.2 Å². The van der Waals surface area contributed by atoms with Crippen molar-refractivity contribution in [1.29, 1.82) is 0 Å². The molecular weight excluding hydrogens is 254 g/mol. The Kier molecular flexibility index (Phi) is 4.44. The van der Waals surface area contributed by atoms with Crippen molar-refractivity contribution in [3.63, 3.8) is 0 Å². The van der Waals surface area contributed by atoms with Crippen LogP contribution in [0.15, 0.2) is 12.1 Å². The van der Waals surface area contributed by atoms with Gasteiger partial charge < -0.3 is 15.4 Å². The molecule has 2 aromatic heterocycles. The first kappa shape index (κ1) is 14.6. The highest BCUT2D eigenvalue weighted by Gasteiger charge is 2.17. The molecule has 0 radical (unpaired) electrons. The molecule has 0 aliphatic heterocycles. The molecule has 6 heteroatoms. The topological polar surface area (TPSA) is 69.2 Å². The van der Waals surface area contributed by atoms with Gasteiger partial charge in [0.05, 0.1) is 7.11 Å². The first-order valence-electron chi connectivity index (χ1n) is 7.01. The highest BCUT2D eigenvalue weighted by molar-refractivity contribution is 5.75. The van der Waals surface area contributed by atoms with E-state index in [9.17, 15) is 0 Å². The molecule has 20 heavy (non-hydrogen) atoms. The Morgan fingerprint density at radius 2 is 2.00 bits per heavy atom. The molecule has 2 N–H and O–H groups in total. The fraction of sp³-hybridized carbons (Fsp3) is 0.571. The summed E-state index contributed by atoms with van der Waals surface area (Å²) in [6, 6.07) is 3.89. The number of pyridine rings is 1. The van der Waals surface area contributed by atoms with Gasteiger partial charge in [-0.05, 0) is 26.1 Å². The van der Waals surface area contributed by atoms with Crippen molar-refractivity contribution < 1.29 is 4.74 Å². The van der Waals surface area contributed by atoms with Gasteiger partial charge in [-0.1, -0.05) is 13.8 Å². The molecule has 0 amide bonds. The average Bonchev–Trinajstić information content (AvgIpc) is 2.79. The summed E-state index contributed by atoms with van der Waals surface area (Å²) in [6.45, 7) is 9.41. The van der Waals surface area contributed by atoms with Crippen molar-refractivity contribution >= 4 is 17.1 Å². The Hall–Kier alpha value is -1.82. The van der Waals surface area contributed by atoms with Crippen LogP contribution in [-0.4, -0.2) is 46.2 Å². The van der Waals surface area contributed by atoms with Crippen molar-refractivity contribution in [3.05, 3.63) is 12.1 Å². The second kappa shape index (κ2) is 6.09. The third kappa shape index (κ3) is 2.70. The van der Waals surface area contributed by atoms with E-state index in [1.54, 1.807) is 13.2 Å². The molecule has 0 saturated heterocycles. The van der Waals surface area contributed by atoms with Gasteiger partial charge in [0, 0.05) is 18.7 Å². The quantitative estimate of drug-likeness (QED) is 0.873. The lowest BCUT2D eigenvalue weighted by Gasteiger charge is -2.24. The number of nitrogens with zero attached hydrogens (tertiary/aromatic N) is 4. The monoisotopic (exact) mass is 277 g/mol. The SMILES string of the molecule is CCN(CC)CC(C)n1c(N)nc2ccc(OC)nc21. The van der Waals surface area contributed by atoms with Crippen LogP contribution in [0.5, 0.6) is 5.88 Å². The molecular formula is C14H23N5O. The van der Waals surface area contributed by atoms with Gasteiger partial charge in [-0.3, -0.25) is 4.57 Å². The summed E-state index contributed by atoms with van der Waals surface area (Å²) in [7, 11) is 1.61. The molecule has 2 heterocycles. The third-order valence-electron chi connectivity index (χ3n) is 3.61. The first-order chi connectivity index (χ1) is 9.60. The third-order valence-corrected chi connectivity index (χ3v) is 3.61. The van der Waals surface area contributed by atoms with Crippen LogP contribution in [-0.2, 0) is 0 Å². The van der Waals surface area contributed by atoms with E-state index in [1.807, 2.05) is 10.6 Å². The number of fused-ring (bicyclic) bond motifs is 1. The summed E-state index contributed by atoms with van der Waals surface area (Å²) >= 11 is 0. The van der Waals surface area contributed by atoms with Gasteiger partial charge in [-0.2, -0.15) is 4.98 Å². The predicted octanol–water partition coefficient (Wildman–Crippen LogP) is 1.92. The maximum atomic E-state index is 6.06. The zero-order valence-electron chi connectivity index (χ0n) is 12.6. The number of imidazole rings is 1. The number of likely N-dealkylation sites (N-methyl/N-ethyl adjacent to an activating group) is 1. The van der Waals surface area contributed by atoms with E-state index >= 15 is 0 Å². The lowest BCUT2D eigenvalue weighted by atomic mass is 10.3. The molecule has 0 fully saturated rings. The van der Waals surface area contributed by atoms with Gasteiger partial charge in [0.2, 0.25) is 11.8 Å². The van der Waals surface area contributed by atoms with Gasteiger partial charge in [0.25, 0.3) is 0 Å². The molecule has 6 nitrogen and oxygen atoms in total. The summed E-state index contributed by atoms with van der Waals surface area (Å²) in [5, 5.41) is 0. The molecule has 0 saturated carbocycles. The normalized spacial score (nSPS) is 13.1. The Morgan fingerprint density at radius 3 is 2.60 bits per heavy atom. The van der Waals surface area contributed by atoms with Crippen LogP contribution in [0, 0.1) is 0 Å². The molecule has 1 unspecified atom stereocenters. The largest absolute Gasteiger partial charge is 0.481 e. The van der Waals surface area contributed by atoms with Crippen molar-refractivity contribution in [3.8, 4) is 5.88 Å². The van der Waals surface area contributed by atoms with Gasteiger partial charge in [0.1, 0.15) is 5.52 Å². The summed E-state index contributed by atoms with van der Waals surface area (Å²) in [5.41, 5.74) is 7.64. The van der Waals surface area contributed by atoms with Gasteiger partial charge >= 0.3 is 0 Å². The fourth-order valence-electron chi connectivity index (χ4n) is 2.46. The zero-order chi connectivity index (χ0) is 14.7. The molecule has 110 valence electrons. The smallest absolute Gasteiger partial charge is 0.215 e. The molecule has 2 aromatic rings. The minimum absolute atomic E-state index is 0.208. The lowest BCUT2D eigenvalue weighted by molar-refractivity contribution is 0.264. The molecule has 2 rings (SSSR count). The summed E-state index contributed by atoms with van der Waals surface area (Å²) in [6.07, 6.45) is 0. The number of methoxy groups -OCH3 is 1. The first-order valence-corrected chi connectivity index (χ1v) is 7.01. The van der Waals surface area contributed by atoms with Gasteiger partial charge in [-0.15, -0.1) is 0 Å². The van der Waals surface area contributed by atoms with E-state index < -0.39 is 0 Å². The number of aromatic nitrogens is 3. The van der Waals surface area contributed by atoms with E-state index in [0.717, 1.165) is 30.8 Å². The van der Waals surface area contributed by atoms with Crippen LogP contribution in [0.3, 0.4) is 0 Å². The number of nitrogens with two attached hydrogens (primary N) is 1. The van der Waals surface area contributed by atoms with Gasteiger partial charge in [-0.25, -0.2) is 4.98 Å². The van der Waals surface area contributed by atoms with Gasteiger partial charge in [0.15, 0.2) is 5.65 Å². The van der Waals surface area contributed by atoms with Crippen molar-refractivity contribution in [1.82, 2.24) is 19.4 Å². The molecule has 0 aromatic carbocycles. The van der Waals surface area contributed by atoms with Crippen molar-refractivity contribution in [2.75, 3.05) is 32.5 Å². The Morgan fingerprint density at radius 1 is 1.30 bits per heavy atom. The van der Waals surface area contributed by atoms with E-state index in [-0.39, 0.29) is 6.04 Å². The Bertz CT molecular complexity index is 576. The van der Waals surface area contributed by atoms with Crippen LogP contribution in [0.4, 0.5) is 5.95 Å². The number of nitrogen functional groups attached to an aromatic ring is 1.